The van der Waals surface area contributed by atoms with E-state index in [1.54, 1.807) is 0 Å². The van der Waals surface area contributed by atoms with Crippen molar-refractivity contribution in [2.75, 3.05) is 0 Å². The molecule has 0 amide bonds. The number of nitrogens with zero attached hydrogens (tertiary/aromatic N) is 1. The van der Waals surface area contributed by atoms with Gasteiger partial charge in [-0.2, -0.15) is 0 Å². The van der Waals surface area contributed by atoms with Crippen LogP contribution >= 0.6 is 0 Å². The minimum Gasteiger partial charge on any atom is -0.304 e. The number of pyridine rings is 1. The Morgan fingerprint density at radius 3 is 2.93 bits per heavy atom. The van der Waals surface area contributed by atoms with Crippen LogP contribution in [0.5, 0.6) is 0 Å². The summed E-state index contributed by atoms with van der Waals surface area (Å²) in [6.45, 7) is 4.31. The van der Waals surface area contributed by atoms with Gasteiger partial charge in [0.25, 0.3) is 0 Å². The standard InChI is InChI=1S/C10H13N3O/c1-6(2)3-7-4-8-9(11-5-7)13-10(14)12-8/h4-6H,3H2,1-2H3,(H2,11,12,13,14). The summed E-state index contributed by atoms with van der Waals surface area (Å²) < 4.78 is 0. The summed E-state index contributed by atoms with van der Waals surface area (Å²) in [5.74, 6) is 0.597. The number of aromatic nitrogens is 3. The number of hydrogen-bond acceptors (Lipinski definition) is 2. The predicted molar refractivity (Wildman–Crippen MR) is 55.3 cm³/mol. The highest BCUT2D eigenvalue weighted by Gasteiger charge is 2.02. The SMILES string of the molecule is CC(C)Cc1cnc2[nH]c(=O)[nH]c2c1. The van der Waals surface area contributed by atoms with Crippen LogP contribution in [0.2, 0.25) is 0 Å². The van der Waals surface area contributed by atoms with Crippen LogP contribution in [-0.4, -0.2) is 15.0 Å². The van der Waals surface area contributed by atoms with Gasteiger partial charge in [0.1, 0.15) is 0 Å². The zero-order valence-electron chi connectivity index (χ0n) is 8.29. The van der Waals surface area contributed by atoms with Crippen LogP contribution in [-0.2, 0) is 6.42 Å². The number of imidazole rings is 1. The minimum atomic E-state index is -0.200. The maximum absolute atomic E-state index is 11.0. The summed E-state index contributed by atoms with van der Waals surface area (Å²) in [6.07, 6.45) is 2.79. The van der Waals surface area contributed by atoms with Crippen molar-refractivity contribution in [1.82, 2.24) is 15.0 Å². The van der Waals surface area contributed by atoms with E-state index in [9.17, 15) is 4.79 Å². The van der Waals surface area contributed by atoms with E-state index in [2.05, 4.69) is 28.8 Å². The van der Waals surface area contributed by atoms with E-state index in [4.69, 9.17) is 0 Å². The van der Waals surface area contributed by atoms with E-state index < -0.39 is 0 Å². The first kappa shape index (κ1) is 8.99. The van der Waals surface area contributed by atoms with Crippen LogP contribution in [0, 0.1) is 5.92 Å². The first-order valence-corrected chi connectivity index (χ1v) is 4.72. The summed E-state index contributed by atoms with van der Waals surface area (Å²) in [5.41, 5.74) is 2.37. The summed E-state index contributed by atoms with van der Waals surface area (Å²) in [7, 11) is 0. The second kappa shape index (κ2) is 3.29. The maximum atomic E-state index is 11.0. The Bertz CT molecular complexity index is 495. The topological polar surface area (TPSA) is 61.5 Å². The normalized spacial score (nSPS) is 11.4. The van der Waals surface area contributed by atoms with Crippen LogP contribution in [0.15, 0.2) is 17.1 Å². The van der Waals surface area contributed by atoms with E-state index >= 15 is 0 Å². The Labute approximate surface area is 81.4 Å². The van der Waals surface area contributed by atoms with Crippen molar-refractivity contribution in [3.05, 3.63) is 28.3 Å². The number of H-pyrrole nitrogens is 2. The molecule has 4 heteroatoms. The first-order chi connectivity index (χ1) is 6.65. The van der Waals surface area contributed by atoms with E-state index in [0.29, 0.717) is 11.6 Å². The lowest BCUT2D eigenvalue weighted by atomic mass is 10.1. The lowest BCUT2D eigenvalue weighted by Crippen LogP contribution is -1.99. The molecule has 0 fully saturated rings. The lowest BCUT2D eigenvalue weighted by molar-refractivity contribution is 0.646. The Morgan fingerprint density at radius 2 is 2.21 bits per heavy atom. The van der Waals surface area contributed by atoms with Gasteiger partial charge >= 0.3 is 5.69 Å². The third-order valence-corrected chi connectivity index (χ3v) is 2.07. The van der Waals surface area contributed by atoms with Crippen LogP contribution in [0.3, 0.4) is 0 Å². The molecule has 2 heterocycles. The summed E-state index contributed by atoms with van der Waals surface area (Å²) in [4.78, 5) is 20.5. The van der Waals surface area contributed by atoms with Gasteiger partial charge in [0.05, 0.1) is 5.52 Å². The van der Waals surface area contributed by atoms with Gasteiger partial charge in [-0.05, 0) is 24.0 Å². The monoisotopic (exact) mass is 191 g/mol. The fourth-order valence-corrected chi connectivity index (χ4v) is 1.55. The quantitative estimate of drug-likeness (QED) is 0.754. The van der Waals surface area contributed by atoms with Crippen molar-refractivity contribution in [3.8, 4) is 0 Å². The number of nitrogens with one attached hydrogen (secondary N) is 2. The molecule has 74 valence electrons. The van der Waals surface area contributed by atoms with Crippen LogP contribution in [0.1, 0.15) is 19.4 Å². The molecule has 0 atom stereocenters. The van der Waals surface area contributed by atoms with Crippen molar-refractivity contribution in [1.29, 1.82) is 0 Å². The van der Waals surface area contributed by atoms with Gasteiger partial charge in [-0.15, -0.1) is 0 Å². The summed E-state index contributed by atoms with van der Waals surface area (Å²) in [5, 5.41) is 0. The number of fused-ring (bicyclic) bond motifs is 1. The molecule has 0 aliphatic carbocycles. The smallest absolute Gasteiger partial charge is 0.304 e. The lowest BCUT2D eigenvalue weighted by Gasteiger charge is -2.03. The Hall–Kier alpha value is -1.58. The predicted octanol–water partition coefficient (Wildman–Crippen LogP) is 1.45. The zero-order valence-corrected chi connectivity index (χ0v) is 8.29. The van der Waals surface area contributed by atoms with E-state index in [0.717, 1.165) is 17.5 Å². The molecule has 0 spiro atoms. The number of hydrogen-bond donors (Lipinski definition) is 2. The molecule has 0 unspecified atom stereocenters. The van der Waals surface area contributed by atoms with E-state index in [1.807, 2.05) is 12.3 Å². The molecule has 2 rings (SSSR count). The van der Waals surface area contributed by atoms with Gasteiger partial charge in [-0.3, -0.25) is 4.98 Å². The molecular formula is C10H13N3O. The Balaban J connectivity index is 2.45. The fraction of sp³-hybridized carbons (Fsp3) is 0.400. The van der Waals surface area contributed by atoms with Crippen LogP contribution in [0.4, 0.5) is 0 Å². The maximum Gasteiger partial charge on any atom is 0.325 e. The van der Waals surface area contributed by atoms with Crippen LogP contribution < -0.4 is 5.69 Å². The van der Waals surface area contributed by atoms with Crippen molar-refractivity contribution < 1.29 is 0 Å². The van der Waals surface area contributed by atoms with Gasteiger partial charge in [-0.25, -0.2) is 9.78 Å². The van der Waals surface area contributed by atoms with Gasteiger partial charge in [0.15, 0.2) is 5.65 Å². The number of aromatic amines is 2. The average Bonchev–Trinajstić information content (AvgIpc) is 2.42. The van der Waals surface area contributed by atoms with Gasteiger partial charge in [0, 0.05) is 6.20 Å². The highest BCUT2D eigenvalue weighted by Crippen LogP contribution is 2.10. The third-order valence-electron chi connectivity index (χ3n) is 2.07. The number of rotatable bonds is 2. The zero-order chi connectivity index (χ0) is 10.1. The van der Waals surface area contributed by atoms with Gasteiger partial charge in [-0.1, -0.05) is 13.8 Å². The molecule has 2 aromatic rings. The largest absolute Gasteiger partial charge is 0.325 e. The van der Waals surface area contributed by atoms with Crippen molar-refractivity contribution in [3.63, 3.8) is 0 Å². The summed E-state index contributed by atoms with van der Waals surface area (Å²) in [6, 6.07) is 1.97. The third kappa shape index (κ3) is 1.69. The van der Waals surface area contributed by atoms with Crippen LogP contribution in [0.25, 0.3) is 11.2 Å². The molecule has 0 radical (unpaired) electrons. The molecule has 2 aromatic heterocycles. The fourth-order valence-electron chi connectivity index (χ4n) is 1.55. The first-order valence-electron chi connectivity index (χ1n) is 4.72. The minimum absolute atomic E-state index is 0.200. The molecule has 0 aromatic carbocycles. The van der Waals surface area contributed by atoms with Crippen molar-refractivity contribution >= 4 is 11.2 Å². The van der Waals surface area contributed by atoms with Gasteiger partial charge < -0.3 is 4.98 Å². The molecular weight excluding hydrogens is 178 g/mol. The van der Waals surface area contributed by atoms with E-state index in [1.165, 1.54) is 0 Å². The Morgan fingerprint density at radius 1 is 1.43 bits per heavy atom. The molecule has 14 heavy (non-hydrogen) atoms. The van der Waals surface area contributed by atoms with E-state index in [-0.39, 0.29) is 5.69 Å². The second-order valence-corrected chi connectivity index (χ2v) is 3.92. The molecule has 0 aliphatic rings. The molecule has 0 aliphatic heterocycles. The van der Waals surface area contributed by atoms with Crippen molar-refractivity contribution in [2.24, 2.45) is 5.92 Å². The molecule has 4 nitrogen and oxygen atoms in total. The molecule has 0 saturated heterocycles. The molecule has 2 N–H and O–H groups in total. The molecule has 0 bridgehead atoms. The summed E-state index contributed by atoms with van der Waals surface area (Å²) >= 11 is 0. The second-order valence-electron chi connectivity index (χ2n) is 3.92. The highest BCUT2D eigenvalue weighted by atomic mass is 16.1. The average molecular weight is 191 g/mol. The molecule has 0 saturated carbocycles. The highest BCUT2D eigenvalue weighted by molar-refractivity contribution is 5.70. The van der Waals surface area contributed by atoms with Gasteiger partial charge in [0.2, 0.25) is 0 Å². The van der Waals surface area contributed by atoms with Crippen molar-refractivity contribution in [2.45, 2.75) is 20.3 Å². The Kier molecular flexibility index (Phi) is 2.11.